The van der Waals surface area contributed by atoms with Crippen molar-refractivity contribution in [3.63, 3.8) is 0 Å². The summed E-state index contributed by atoms with van der Waals surface area (Å²) < 4.78 is 0. The van der Waals surface area contributed by atoms with Gasteiger partial charge in [0.05, 0.1) is 0 Å². The minimum Gasteiger partial charge on any atom is -0.330 e. The zero-order valence-corrected chi connectivity index (χ0v) is 12.6. The van der Waals surface area contributed by atoms with E-state index in [9.17, 15) is 0 Å². The van der Waals surface area contributed by atoms with E-state index in [1.54, 1.807) is 11.1 Å². The van der Waals surface area contributed by atoms with Crippen molar-refractivity contribution in [2.75, 3.05) is 19.6 Å². The van der Waals surface area contributed by atoms with Crippen molar-refractivity contribution in [3.05, 3.63) is 35.4 Å². The summed E-state index contributed by atoms with van der Waals surface area (Å²) >= 11 is 0. The van der Waals surface area contributed by atoms with Crippen LogP contribution in [0.1, 0.15) is 55.6 Å². The average molecular weight is 272 g/mol. The summed E-state index contributed by atoms with van der Waals surface area (Å²) in [6.45, 7) is 3.37. The number of piperidine rings is 1. The van der Waals surface area contributed by atoms with Crippen molar-refractivity contribution in [2.24, 2.45) is 5.73 Å². The van der Waals surface area contributed by atoms with E-state index in [0.29, 0.717) is 0 Å². The Morgan fingerprint density at radius 1 is 1.10 bits per heavy atom. The van der Waals surface area contributed by atoms with Gasteiger partial charge in [0.1, 0.15) is 0 Å². The standard InChI is InChI=1S/C18H28N2/c19-12-11-17-9-3-4-13-20(17)14-16-8-5-7-15-6-1-2-10-18(15)16/h1-2,6,10,16-17H,3-5,7-9,11-14,19H2. The van der Waals surface area contributed by atoms with E-state index in [1.165, 1.54) is 58.0 Å². The Hall–Kier alpha value is -0.860. The molecule has 2 unspecified atom stereocenters. The first-order chi connectivity index (χ1) is 9.88. The summed E-state index contributed by atoms with van der Waals surface area (Å²) in [5.41, 5.74) is 9.02. The Morgan fingerprint density at radius 2 is 2.00 bits per heavy atom. The molecule has 20 heavy (non-hydrogen) atoms. The van der Waals surface area contributed by atoms with Crippen LogP contribution in [0, 0.1) is 0 Å². The fraction of sp³-hybridized carbons (Fsp3) is 0.667. The van der Waals surface area contributed by atoms with Crippen LogP contribution in [0.4, 0.5) is 0 Å². The predicted octanol–water partition coefficient (Wildman–Crippen LogP) is 3.31. The van der Waals surface area contributed by atoms with Gasteiger partial charge in [-0.2, -0.15) is 0 Å². The molecule has 2 aliphatic rings. The number of hydrogen-bond donors (Lipinski definition) is 1. The molecule has 2 N–H and O–H groups in total. The summed E-state index contributed by atoms with van der Waals surface area (Å²) in [5, 5.41) is 0. The Bertz CT molecular complexity index is 427. The van der Waals surface area contributed by atoms with E-state index in [4.69, 9.17) is 5.73 Å². The van der Waals surface area contributed by atoms with Crippen LogP contribution in [0.3, 0.4) is 0 Å². The maximum atomic E-state index is 5.80. The van der Waals surface area contributed by atoms with E-state index < -0.39 is 0 Å². The minimum atomic E-state index is 0.739. The monoisotopic (exact) mass is 272 g/mol. The Kier molecular flexibility index (Phi) is 4.74. The van der Waals surface area contributed by atoms with Gasteiger partial charge in [-0.1, -0.05) is 30.7 Å². The molecular formula is C18H28N2. The Labute approximate surface area is 123 Å². The lowest BCUT2D eigenvalue weighted by Gasteiger charge is -2.39. The number of hydrogen-bond acceptors (Lipinski definition) is 2. The van der Waals surface area contributed by atoms with Crippen LogP contribution >= 0.6 is 0 Å². The summed E-state index contributed by atoms with van der Waals surface area (Å²) in [4.78, 5) is 2.74. The molecule has 1 aromatic carbocycles. The molecule has 1 fully saturated rings. The van der Waals surface area contributed by atoms with E-state index >= 15 is 0 Å². The highest BCUT2D eigenvalue weighted by Crippen LogP contribution is 2.33. The molecule has 0 bridgehead atoms. The molecule has 1 aliphatic carbocycles. The van der Waals surface area contributed by atoms with E-state index in [2.05, 4.69) is 29.2 Å². The first-order valence-corrected chi connectivity index (χ1v) is 8.40. The van der Waals surface area contributed by atoms with Crippen LogP contribution in [-0.4, -0.2) is 30.6 Å². The molecule has 0 radical (unpaired) electrons. The molecule has 2 atom stereocenters. The van der Waals surface area contributed by atoms with Gasteiger partial charge in [-0.25, -0.2) is 0 Å². The molecule has 1 aromatic rings. The Balaban J connectivity index is 1.71. The largest absolute Gasteiger partial charge is 0.330 e. The molecule has 1 saturated heterocycles. The van der Waals surface area contributed by atoms with Crippen LogP contribution in [0.5, 0.6) is 0 Å². The van der Waals surface area contributed by atoms with Crippen LogP contribution in [-0.2, 0) is 6.42 Å². The second kappa shape index (κ2) is 6.73. The van der Waals surface area contributed by atoms with Crippen molar-refractivity contribution < 1.29 is 0 Å². The number of aryl methyl sites for hydroxylation is 1. The molecule has 0 amide bonds. The SMILES string of the molecule is NCCC1CCCCN1CC1CCCc2ccccc21. The summed E-state index contributed by atoms with van der Waals surface area (Å²) in [6.07, 6.45) is 9.29. The van der Waals surface area contributed by atoms with Gasteiger partial charge in [0.2, 0.25) is 0 Å². The highest BCUT2D eigenvalue weighted by molar-refractivity contribution is 5.32. The van der Waals surface area contributed by atoms with Gasteiger partial charge in [0, 0.05) is 12.6 Å². The average Bonchev–Trinajstić information content (AvgIpc) is 2.50. The number of nitrogens with two attached hydrogens (primary N) is 1. The van der Waals surface area contributed by atoms with Crippen molar-refractivity contribution >= 4 is 0 Å². The van der Waals surface area contributed by atoms with E-state index in [0.717, 1.165) is 18.5 Å². The highest BCUT2D eigenvalue weighted by Gasteiger charge is 2.27. The van der Waals surface area contributed by atoms with Gasteiger partial charge < -0.3 is 5.73 Å². The van der Waals surface area contributed by atoms with E-state index in [-0.39, 0.29) is 0 Å². The molecule has 0 spiro atoms. The van der Waals surface area contributed by atoms with Crippen LogP contribution in [0.25, 0.3) is 0 Å². The smallest absolute Gasteiger partial charge is 0.0107 e. The van der Waals surface area contributed by atoms with Crippen molar-refractivity contribution in [2.45, 2.75) is 56.9 Å². The number of benzene rings is 1. The second-order valence-corrected chi connectivity index (χ2v) is 6.51. The molecule has 0 aromatic heterocycles. The maximum absolute atomic E-state index is 5.80. The van der Waals surface area contributed by atoms with Crippen molar-refractivity contribution in [1.29, 1.82) is 0 Å². The third-order valence-corrected chi connectivity index (χ3v) is 5.20. The zero-order valence-electron chi connectivity index (χ0n) is 12.6. The summed E-state index contributed by atoms with van der Waals surface area (Å²) in [7, 11) is 0. The van der Waals surface area contributed by atoms with Gasteiger partial charge in [0.15, 0.2) is 0 Å². The molecule has 1 heterocycles. The molecule has 110 valence electrons. The van der Waals surface area contributed by atoms with E-state index in [1.807, 2.05) is 0 Å². The van der Waals surface area contributed by atoms with Gasteiger partial charge >= 0.3 is 0 Å². The Morgan fingerprint density at radius 3 is 2.90 bits per heavy atom. The van der Waals surface area contributed by atoms with Gasteiger partial charge in [-0.05, 0) is 68.7 Å². The quantitative estimate of drug-likeness (QED) is 0.911. The van der Waals surface area contributed by atoms with Gasteiger partial charge in [-0.15, -0.1) is 0 Å². The van der Waals surface area contributed by atoms with Crippen molar-refractivity contribution in [3.8, 4) is 0 Å². The number of nitrogens with zero attached hydrogens (tertiary/aromatic N) is 1. The number of fused-ring (bicyclic) bond motifs is 1. The summed E-state index contributed by atoms with van der Waals surface area (Å²) in [6, 6.07) is 9.84. The van der Waals surface area contributed by atoms with Crippen LogP contribution in [0.15, 0.2) is 24.3 Å². The topological polar surface area (TPSA) is 29.3 Å². The summed E-state index contributed by atoms with van der Waals surface area (Å²) in [5.74, 6) is 0.748. The molecule has 1 aliphatic heterocycles. The lowest BCUT2D eigenvalue weighted by atomic mass is 9.82. The second-order valence-electron chi connectivity index (χ2n) is 6.51. The predicted molar refractivity (Wildman–Crippen MR) is 85.0 cm³/mol. The van der Waals surface area contributed by atoms with Crippen LogP contribution < -0.4 is 5.73 Å². The number of likely N-dealkylation sites (tertiary alicyclic amines) is 1. The fourth-order valence-electron chi connectivity index (χ4n) is 4.15. The maximum Gasteiger partial charge on any atom is 0.0107 e. The normalized spacial score (nSPS) is 27.2. The first kappa shape index (κ1) is 14.1. The minimum absolute atomic E-state index is 0.739. The molecule has 2 nitrogen and oxygen atoms in total. The molecular weight excluding hydrogens is 244 g/mol. The zero-order chi connectivity index (χ0) is 13.8. The van der Waals surface area contributed by atoms with Crippen molar-refractivity contribution in [1.82, 2.24) is 4.90 Å². The third kappa shape index (κ3) is 3.07. The molecule has 3 rings (SSSR count). The van der Waals surface area contributed by atoms with Crippen LogP contribution in [0.2, 0.25) is 0 Å². The lowest BCUT2D eigenvalue weighted by molar-refractivity contribution is 0.130. The molecule has 2 heteroatoms. The number of rotatable bonds is 4. The fourth-order valence-corrected chi connectivity index (χ4v) is 4.15. The highest BCUT2D eigenvalue weighted by atomic mass is 15.2. The van der Waals surface area contributed by atoms with Gasteiger partial charge in [0.25, 0.3) is 0 Å². The lowest BCUT2D eigenvalue weighted by Crippen LogP contribution is -2.43. The first-order valence-electron chi connectivity index (χ1n) is 8.40. The molecule has 0 saturated carbocycles. The van der Waals surface area contributed by atoms with Gasteiger partial charge in [-0.3, -0.25) is 4.90 Å². The third-order valence-electron chi connectivity index (χ3n) is 5.20.